The first-order chi connectivity index (χ1) is 14.3. The van der Waals surface area contributed by atoms with Crippen LogP contribution in [0.4, 0.5) is 10.5 Å². The molecule has 0 saturated heterocycles. The van der Waals surface area contributed by atoms with Crippen LogP contribution in [0, 0.1) is 0 Å². The van der Waals surface area contributed by atoms with Crippen molar-refractivity contribution in [1.29, 1.82) is 0 Å². The molecule has 0 atom stereocenters. The van der Waals surface area contributed by atoms with Gasteiger partial charge in [0.05, 0.1) is 22.8 Å². The number of hydrogen-bond acceptors (Lipinski definition) is 6. The summed E-state index contributed by atoms with van der Waals surface area (Å²) < 4.78 is 6.54. The zero-order chi connectivity index (χ0) is 22.0. The van der Waals surface area contributed by atoms with Gasteiger partial charge in [-0.3, -0.25) is 4.90 Å². The van der Waals surface area contributed by atoms with Crippen LogP contribution < -0.4 is 15.3 Å². The fraction of sp³-hybridized carbons (Fsp3) is 0.167. The summed E-state index contributed by atoms with van der Waals surface area (Å²) in [5.74, 6) is -1.26. The first kappa shape index (κ1) is 21.3. The lowest BCUT2D eigenvalue weighted by molar-refractivity contribution is 0.0693. The molecule has 0 aliphatic heterocycles. The first-order valence-electron chi connectivity index (χ1n) is 8.53. The number of benzene rings is 2. The highest BCUT2D eigenvalue weighted by Gasteiger charge is 2.27. The Hall–Kier alpha value is -3.37. The lowest BCUT2D eigenvalue weighted by Gasteiger charge is -2.22. The third-order valence-corrected chi connectivity index (χ3v) is 4.79. The van der Waals surface area contributed by atoms with E-state index in [-0.39, 0.29) is 39.3 Å². The Morgan fingerprint density at radius 2 is 1.77 bits per heavy atom. The smallest absolute Gasteiger partial charge is 0.377 e. The molecule has 0 unspecified atom stereocenters. The lowest BCUT2D eigenvalue weighted by atomic mass is 10.1. The van der Waals surface area contributed by atoms with E-state index in [9.17, 15) is 19.5 Å². The van der Waals surface area contributed by atoms with Crippen LogP contribution in [0.15, 0.2) is 41.2 Å². The second-order valence-electron chi connectivity index (χ2n) is 5.85. The van der Waals surface area contributed by atoms with E-state index in [0.717, 1.165) is 9.58 Å². The van der Waals surface area contributed by atoms with Crippen LogP contribution in [0.25, 0.3) is 5.69 Å². The molecule has 0 saturated carbocycles. The van der Waals surface area contributed by atoms with Gasteiger partial charge in [0.2, 0.25) is 0 Å². The number of aromatic nitrogens is 4. The maximum absolute atomic E-state index is 13.1. The number of aromatic carboxylic acids is 1. The molecule has 3 rings (SSSR count). The molecule has 0 spiro atoms. The zero-order valence-corrected chi connectivity index (χ0v) is 17.3. The summed E-state index contributed by atoms with van der Waals surface area (Å²) in [4.78, 5) is 38.5. The Kier molecular flexibility index (Phi) is 6.09. The molecule has 2 aromatic carbocycles. The van der Waals surface area contributed by atoms with E-state index in [2.05, 4.69) is 10.4 Å². The van der Waals surface area contributed by atoms with Gasteiger partial charge < -0.3 is 9.84 Å². The molecule has 3 aromatic rings. The molecule has 12 heteroatoms. The van der Waals surface area contributed by atoms with Crippen LogP contribution in [0.1, 0.15) is 17.3 Å². The maximum Gasteiger partial charge on any atom is 0.377 e. The fourth-order valence-corrected chi connectivity index (χ4v) is 3.40. The molecule has 0 radical (unpaired) electrons. The number of para-hydroxylation sites is 2. The van der Waals surface area contributed by atoms with Gasteiger partial charge in [0.15, 0.2) is 5.75 Å². The molecule has 10 nitrogen and oxygen atoms in total. The standard InChI is InChI=1S/C18H15Cl2N5O5/c1-3-23(13-9-4-6-10(16(26)27)15(13)30-2)17(28)25-18(29)24(21-22-25)14-11(19)7-5-8-12(14)20/h4-9H,3H2,1-2H3,(H,26,27). The van der Waals surface area contributed by atoms with Crippen molar-refractivity contribution in [2.75, 3.05) is 18.6 Å². The van der Waals surface area contributed by atoms with E-state index in [0.29, 0.717) is 4.68 Å². The number of nitrogens with zero attached hydrogens (tertiary/aromatic N) is 5. The maximum atomic E-state index is 13.1. The van der Waals surface area contributed by atoms with Crippen molar-refractivity contribution in [2.24, 2.45) is 0 Å². The van der Waals surface area contributed by atoms with E-state index in [1.54, 1.807) is 13.0 Å². The summed E-state index contributed by atoms with van der Waals surface area (Å²) in [7, 11) is 1.28. The second kappa shape index (κ2) is 8.56. The molecule has 0 aliphatic carbocycles. The van der Waals surface area contributed by atoms with Crippen molar-refractivity contribution >= 4 is 40.9 Å². The van der Waals surface area contributed by atoms with Gasteiger partial charge in [0.1, 0.15) is 11.3 Å². The second-order valence-corrected chi connectivity index (χ2v) is 6.66. The minimum Gasteiger partial charge on any atom is -0.494 e. The van der Waals surface area contributed by atoms with Crippen LogP contribution in [-0.2, 0) is 0 Å². The van der Waals surface area contributed by atoms with E-state index in [4.69, 9.17) is 27.9 Å². The summed E-state index contributed by atoms with van der Waals surface area (Å²) in [6, 6.07) is 8.04. The Labute approximate surface area is 179 Å². The number of carbonyl (C=O) groups excluding carboxylic acids is 1. The largest absolute Gasteiger partial charge is 0.494 e. The van der Waals surface area contributed by atoms with E-state index >= 15 is 0 Å². The predicted molar refractivity (Wildman–Crippen MR) is 109 cm³/mol. The van der Waals surface area contributed by atoms with Gasteiger partial charge in [0.25, 0.3) is 0 Å². The van der Waals surface area contributed by atoms with Gasteiger partial charge >= 0.3 is 17.7 Å². The van der Waals surface area contributed by atoms with Crippen molar-refractivity contribution in [3.8, 4) is 11.4 Å². The number of methoxy groups -OCH3 is 1. The Morgan fingerprint density at radius 3 is 2.33 bits per heavy atom. The first-order valence-corrected chi connectivity index (χ1v) is 9.29. The number of halogens is 2. The average Bonchev–Trinajstić information content (AvgIpc) is 3.09. The molecule has 1 heterocycles. The number of rotatable bonds is 5. The number of carbonyl (C=O) groups is 2. The van der Waals surface area contributed by atoms with Gasteiger partial charge in [-0.25, -0.2) is 14.4 Å². The normalized spacial score (nSPS) is 10.7. The summed E-state index contributed by atoms with van der Waals surface area (Å²) >= 11 is 12.2. The molecule has 1 N–H and O–H groups in total. The summed E-state index contributed by atoms with van der Waals surface area (Å²) in [6.07, 6.45) is 0. The Balaban J connectivity index is 2.10. The van der Waals surface area contributed by atoms with E-state index in [1.165, 1.54) is 37.4 Å². The topological polar surface area (TPSA) is 120 Å². The summed E-state index contributed by atoms with van der Waals surface area (Å²) in [5.41, 5.74) is -0.803. The summed E-state index contributed by atoms with van der Waals surface area (Å²) in [6.45, 7) is 1.73. The molecule has 30 heavy (non-hydrogen) atoms. The third-order valence-electron chi connectivity index (χ3n) is 4.18. The monoisotopic (exact) mass is 451 g/mol. The number of carboxylic acid groups (broad SMARTS) is 1. The quantitative estimate of drug-likeness (QED) is 0.591. The van der Waals surface area contributed by atoms with Crippen LogP contribution in [0.3, 0.4) is 0 Å². The van der Waals surface area contributed by atoms with Crippen LogP contribution >= 0.6 is 23.2 Å². The number of hydrogen-bond donors (Lipinski definition) is 1. The van der Waals surface area contributed by atoms with Crippen molar-refractivity contribution in [1.82, 2.24) is 19.8 Å². The molecule has 1 amide bonds. The molecule has 0 aliphatic rings. The van der Waals surface area contributed by atoms with Gasteiger partial charge in [-0.1, -0.05) is 35.3 Å². The average molecular weight is 452 g/mol. The minimum absolute atomic E-state index is 0.0326. The number of ether oxygens (including phenoxy) is 1. The van der Waals surface area contributed by atoms with Gasteiger partial charge in [-0.2, -0.15) is 4.68 Å². The van der Waals surface area contributed by atoms with E-state index < -0.39 is 17.7 Å². The number of carboxylic acids is 1. The van der Waals surface area contributed by atoms with Crippen molar-refractivity contribution in [3.05, 3.63) is 62.5 Å². The SMILES string of the molecule is CCN(C(=O)n1nnn(-c2c(Cl)cccc2Cl)c1=O)c1cccc(C(=O)O)c1OC. The minimum atomic E-state index is -1.23. The van der Waals surface area contributed by atoms with Crippen molar-refractivity contribution in [3.63, 3.8) is 0 Å². The molecular formula is C18H15Cl2N5O5. The van der Waals surface area contributed by atoms with Gasteiger partial charge in [0, 0.05) is 6.54 Å². The van der Waals surface area contributed by atoms with Crippen molar-refractivity contribution in [2.45, 2.75) is 6.92 Å². The molecule has 0 fully saturated rings. The number of tetrazole rings is 1. The molecular weight excluding hydrogens is 437 g/mol. The van der Waals surface area contributed by atoms with E-state index in [1.807, 2.05) is 0 Å². The highest BCUT2D eigenvalue weighted by Crippen LogP contribution is 2.32. The van der Waals surface area contributed by atoms with Gasteiger partial charge in [-0.05, 0) is 41.6 Å². The highest BCUT2D eigenvalue weighted by atomic mass is 35.5. The third kappa shape index (κ3) is 3.62. The number of amides is 1. The van der Waals surface area contributed by atoms with Crippen LogP contribution in [0.5, 0.6) is 5.75 Å². The molecule has 0 bridgehead atoms. The van der Waals surface area contributed by atoms with Crippen LogP contribution in [-0.4, -0.2) is 50.6 Å². The predicted octanol–water partition coefficient (Wildman–Crippen LogP) is 2.94. The molecule has 156 valence electrons. The van der Waals surface area contributed by atoms with Crippen molar-refractivity contribution < 1.29 is 19.4 Å². The lowest BCUT2D eigenvalue weighted by Crippen LogP contribution is -2.41. The van der Waals surface area contributed by atoms with Gasteiger partial charge in [-0.15, -0.1) is 4.68 Å². The highest BCUT2D eigenvalue weighted by molar-refractivity contribution is 6.37. The Morgan fingerprint density at radius 1 is 1.13 bits per heavy atom. The van der Waals surface area contributed by atoms with Crippen LogP contribution in [0.2, 0.25) is 10.0 Å². The number of anilines is 1. The zero-order valence-electron chi connectivity index (χ0n) is 15.7. The summed E-state index contributed by atoms with van der Waals surface area (Å²) in [5, 5.41) is 17.0. The Bertz CT molecular complexity index is 1170. The molecule has 1 aromatic heterocycles. The fourth-order valence-electron chi connectivity index (χ4n) is 2.84.